The van der Waals surface area contributed by atoms with E-state index in [0.29, 0.717) is 26.9 Å². The van der Waals surface area contributed by atoms with E-state index in [4.69, 9.17) is 27.6 Å². The van der Waals surface area contributed by atoms with Crippen LogP contribution in [-0.2, 0) is 11.5 Å². The van der Waals surface area contributed by atoms with Crippen molar-refractivity contribution in [3.63, 3.8) is 0 Å². The van der Waals surface area contributed by atoms with Crippen LogP contribution in [-0.4, -0.2) is 16.5 Å². The molecule has 0 unspecified atom stereocenters. The highest BCUT2D eigenvalue weighted by atomic mass is 35.5. The molecule has 1 aromatic heterocycles. The van der Waals surface area contributed by atoms with Crippen molar-refractivity contribution in [3.05, 3.63) is 39.7 Å². The Balaban J connectivity index is 2.02. The summed E-state index contributed by atoms with van der Waals surface area (Å²) in [4.78, 5) is 0. The molecule has 0 spiro atoms. The zero-order valence-corrected chi connectivity index (χ0v) is 12.7. The van der Waals surface area contributed by atoms with Gasteiger partial charge >= 0.3 is 0 Å². The minimum Gasteiger partial charge on any atom is -0.415 e. The van der Waals surface area contributed by atoms with E-state index >= 15 is 0 Å². The van der Waals surface area contributed by atoms with Crippen molar-refractivity contribution < 1.29 is 4.42 Å². The Labute approximate surface area is 124 Å². The second-order valence-corrected chi connectivity index (χ2v) is 5.99. The molecule has 2 aromatic rings. The lowest BCUT2D eigenvalue weighted by Crippen LogP contribution is -1.84. The summed E-state index contributed by atoms with van der Waals surface area (Å²) in [6.07, 6.45) is 1.99. The van der Waals surface area contributed by atoms with Gasteiger partial charge in [-0.15, -0.1) is 10.2 Å². The number of benzene rings is 1. The predicted molar refractivity (Wildman–Crippen MR) is 77.5 cm³/mol. The van der Waals surface area contributed by atoms with E-state index in [1.165, 1.54) is 11.8 Å². The van der Waals surface area contributed by atoms with Gasteiger partial charge in [-0.1, -0.05) is 41.0 Å². The molecule has 3 nitrogen and oxygen atoms in total. The van der Waals surface area contributed by atoms with Gasteiger partial charge in [0.15, 0.2) is 0 Å². The van der Waals surface area contributed by atoms with E-state index in [9.17, 15) is 0 Å². The van der Waals surface area contributed by atoms with Gasteiger partial charge in [-0.3, -0.25) is 0 Å². The van der Waals surface area contributed by atoms with Gasteiger partial charge < -0.3 is 4.42 Å². The summed E-state index contributed by atoms with van der Waals surface area (Å²) >= 11 is 15.2. The van der Waals surface area contributed by atoms with E-state index in [0.717, 1.165) is 11.3 Å². The topological polar surface area (TPSA) is 38.9 Å². The van der Waals surface area contributed by atoms with Gasteiger partial charge in [-0.25, -0.2) is 0 Å². The maximum atomic E-state index is 6.08. The molecule has 0 amide bonds. The minimum absolute atomic E-state index is 0.537. The fourth-order valence-electron chi connectivity index (χ4n) is 1.28. The third-order valence-electron chi connectivity index (χ3n) is 2.12. The minimum atomic E-state index is 0.537. The monoisotopic (exact) mass is 320 g/mol. The van der Waals surface area contributed by atoms with E-state index in [1.54, 1.807) is 11.8 Å². The first-order valence-corrected chi connectivity index (χ1v) is 8.21. The van der Waals surface area contributed by atoms with Crippen molar-refractivity contribution in [1.29, 1.82) is 0 Å². The number of halogens is 2. The Bertz CT molecular complexity index is 513. The first-order valence-electron chi connectivity index (χ1n) is 5.07. The third kappa shape index (κ3) is 3.57. The molecular weight excluding hydrogens is 311 g/mol. The quantitative estimate of drug-likeness (QED) is 0.757. The van der Waals surface area contributed by atoms with E-state index in [2.05, 4.69) is 10.2 Å². The first kappa shape index (κ1) is 14.1. The zero-order chi connectivity index (χ0) is 13.0. The summed E-state index contributed by atoms with van der Waals surface area (Å²) in [7, 11) is 0. The van der Waals surface area contributed by atoms with Crippen molar-refractivity contribution in [2.24, 2.45) is 0 Å². The van der Waals surface area contributed by atoms with E-state index in [1.807, 2.05) is 24.5 Å². The number of hydrogen-bond donors (Lipinski definition) is 0. The average Bonchev–Trinajstić information content (AvgIpc) is 2.77. The lowest BCUT2D eigenvalue weighted by atomic mass is 10.2. The van der Waals surface area contributed by atoms with Gasteiger partial charge in [0.1, 0.15) is 0 Å². The van der Waals surface area contributed by atoms with Crippen LogP contribution in [0.25, 0.3) is 0 Å². The Morgan fingerprint density at radius 2 is 1.89 bits per heavy atom. The molecule has 7 heteroatoms. The fourth-order valence-corrected chi connectivity index (χ4v) is 3.17. The molecule has 1 aromatic carbocycles. The van der Waals surface area contributed by atoms with Gasteiger partial charge in [0.25, 0.3) is 5.22 Å². The standard InChI is InChI=1S/C11H10Cl2N2OS2/c1-17-6-10-14-15-11(16-10)18-5-7-8(12)3-2-4-9(7)13/h2-4H,5-6H2,1H3. The lowest BCUT2D eigenvalue weighted by molar-refractivity contribution is 0.426. The normalized spacial score (nSPS) is 10.8. The van der Waals surface area contributed by atoms with Crippen molar-refractivity contribution >= 4 is 46.7 Å². The molecule has 2 rings (SSSR count). The number of nitrogens with zero attached hydrogens (tertiary/aromatic N) is 2. The number of rotatable bonds is 5. The fraction of sp³-hybridized carbons (Fsp3) is 0.273. The summed E-state index contributed by atoms with van der Waals surface area (Å²) in [5.74, 6) is 1.97. The van der Waals surface area contributed by atoms with Gasteiger partial charge in [-0.05, 0) is 24.0 Å². The summed E-state index contributed by atoms with van der Waals surface area (Å²) < 4.78 is 5.46. The molecule has 0 bridgehead atoms. The van der Waals surface area contributed by atoms with Crippen LogP contribution in [0, 0.1) is 0 Å². The van der Waals surface area contributed by atoms with Crippen LogP contribution in [0.2, 0.25) is 10.0 Å². The molecule has 0 aliphatic carbocycles. The van der Waals surface area contributed by atoms with Gasteiger partial charge in [0.05, 0.1) is 5.75 Å². The Morgan fingerprint density at radius 3 is 2.56 bits per heavy atom. The summed E-state index contributed by atoms with van der Waals surface area (Å²) in [6, 6.07) is 5.45. The largest absolute Gasteiger partial charge is 0.415 e. The molecule has 0 aliphatic heterocycles. The van der Waals surface area contributed by atoms with Crippen LogP contribution >= 0.6 is 46.7 Å². The van der Waals surface area contributed by atoms with Gasteiger partial charge in [-0.2, -0.15) is 11.8 Å². The Hall–Kier alpha value is -0.360. The third-order valence-corrected chi connectivity index (χ3v) is 4.21. The smallest absolute Gasteiger partial charge is 0.276 e. The summed E-state index contributed by atoms with van der Waals surface area (Å²) in [5, 5.41) is 9.74. The molecule has 0 saturated heterocycles. The van der Waals surface area contributed by atoms with Gasteiger partial charge in [0.2, 0.25) is 5.89 Å². The van der Waals surface area contributed by atoms with Crippen LogP contribution in [0.3, 0.4) is 0 Å². The van der Waals surface area contributed by atoms with Crippen molar-refractivity contribution in [3.8, 4) is 0 Å². The molecular formula is C11H10Cl2N2OS2. The second-order valence-electron chi connectivity index (χ2n) is 3.38. The number of thioether (sulfide) groups is 2. The van der Waals surface area contributed by atoms with Crippen molar-refractivity contribution in [1.82, 2.24) is 10.2 Å². The zero-order valence-electron chi connectivity index (χ0n) is 9.52. The predicted octanol–water partition coefficient (Wildman–Crippen LogP) is 4.53. The molecule has 0 N–H and O–H groups in total. The molecule has 0 radical (unpaired) electrons. The maximum absolute atomic E-state index is 6.08. The van der Waals surface area contributed by atoms with Crippen molar-refractivity contribution in [2.45, 2.75) is 16.7 Å². The Morgan fingerprint density at radius 1 is 1.17 bits per heavy atom. The van der Waals surface area contributed by atoms with Crippen LogP contribution < -0.4 is 0 Å². The molecule has 0 fully saturated rings. The summed E-state index contributed by atoms with van der Waals surface area (Å²) in [5.41, 5.74) is 0.885. The molecule has 0 aliphatic rings. The highest BCUT2D eigenvalue weighted by Gasteiger charge is 2.10. The molecule has 0 saturated carbocycles. The maximum Gasteiger partial charge on any atom is 0.276 e. The highest BCUT2D eigenvalue weighted by Crippen LogP contribution is 2.31. The van der Waals surface area contributed by atoms with E-state index < -0.39 is 0 Å². The average molecular weight is 321 g/mol. The van der Waals surface area contributed by atoms with Gasteiger partial charge in [0, 0.05) is 15.8 Å². The molecule has 96 valence electrons. The lowest BCUT2D eigenvalue weighted by Gasteiger charge is -2.03. The van der Waals surface area contributed by atoms with E-state index in [-0.39, 0.29) is 0 Å². The number of aromatic nitrogens is 2. The van der Waals surface area contributed by atoms with Crippen LogP contribution in [0.5, 0.6) is 0 Å². The van der Waals surface area contributed by atoms with Crippen LogP contribution in [0.15, 0.2) is 27.8 Å². The Kier molecular flexibility index (Phi) is 5.24. The first-order chi connectivity index (χ1) is 8.70. The number of hydrogen-bond acceptors (Lipinski definition) is 5. The molecule has 1 heterocycles. The summed E-state index contributed by atoms with van der Waals surface area (Å²) in [6.45, 7) is 0. The van der Waals surface area contributed by atoms with Crippen molar-refractivity contribution in [2.75, 3.05) is 6.26 Å². The highest BCUT2D eigenvalue weighted by molar-refractivity contribution is 7.98. The van der Waals surface area contributed by atoms with Crippen LogP contribution in [0.4, 0.5) is 0 Å². The SMILES string of the molecule is CSCc1nnc(SCc2c(Cl)cccc2Cl)o1. The van der Waals surface area contributed by atoms with Crippen LogP contribution in [0.1, 0.15) is 11.5 Å². The second kappa shape index (κ2) is 6.70. The molecule has 18 heavy (non-hydrogen) atoms. The molecule has 0 atom stereocenters.